The molecule has 1 N–H and O–H groups in total. The Morgan fingerprint density at radius 2 is 1.96 bits per heavy atom. The predicted molar refractivity (Wildman–Crippen MR) is 110 cm³/mol. The topological polar surface area (TPSA) is 69.8 Å². The van der Waals surface area contributed by atoms with Crippen LogP contribution in [0.25, 0.3) is 11.0 Å². The lowest BCUT2D eigenvalue weighted by Gasteiger charge is -2.35. The molecule has 0 spiro atoms. The molecule has 146 valence electrons. The van der Waals surface area contributed by atoms with Gasteiger partial charge in [-0.15, -0.1) is 0 Å². The molecule has 0 amide bonds. The molecule has 1 aliphatic rings. The molecule has 6 nitrogen and oxygen atoms in total. The largest absolute Gasteiger partial charge is 0.507 e. The van der Waals surface area contributed by atoms with Gasteiger partial charge in [0, 0.05) is 50.4 Å². The molecule has 0 aliphatic carbocycles. The van der Waals surface area contributed by atoms with Crippen molar-refractivity contribution in [3.63, 3.8) is 0 Å². The molecule has 1 fully saturated rings. The number of aromatic nitrogens is 1. The van der Waals surface area contributed by atoms with E-state index >= 15 is 0 Å². The third kappa shape index (κ3) is 3.47. The zero-order chi connectivity index (χ0) is 19.7. The molecule has 2 aromatic heterocycles. The lowest BCUT2D eigenvalue weighted by atomic mass is 9.99. The maximum atomic E-state index is 11.9. The van der Waals surface area contributed by atoms with Crippen molar-refractivity contribution in [3.05, 3.63) is 63.6 Å². The van der Waals surface area contributed by atoms with E-state index in [1.807, 2.05) is 44.3 Å². The highest BCUT2D eigenvalue weighted by Gasteiger charge is 2.22. The van der Waals surface area contributed by atoms with Crippen LogP contribution in [0, 0.1) is 6.92 Å². The summed E-state index contributed by atoms with van der Waals surface area (Å²) in [6, 6.07) is 9.39. The van der Waals surface area contributed by atoms with Gasteiger partial charge in [0.15, 0.2) is 0 Å². The number of fused-ring (bicyclic) bond motifs is 1. The van der Waals surface area contributed by atoms with Crippen LogP contribution in [0.3, 0.4) is 0 Å². The summed E-state index contributed by atoms with van der Waals surface area (Å²) in [5, 5.41) is 11.7. The number of phenols is 1. The van der Waals surface area contributed by atoms with Crippen LogP contribution < -0.4 is 10.5 Å². The van der Waals surface area contributed by atoms with E-state index in [2.05, 4.69) is 14.8 Å². The zero-order valence-corrected chi connectivity index (χ0v) is 16.3. The maximum Gasteiger partial charge on any atom is 0.336 e. The minimum Gasteiger partial charge on any atom is -0.507 e. The number of rotatable bonds is 4. The summed E-state index contributed by atoms with van der Waals surface area (Å²) < 4.78 is 5.52. The average molecular weight is 379 g/mol. The third-order valence-corrected chi connectivity index (χ3v) is 5.50. The van der Waals surface area contributed by atoms with Gasteiger partial charge in [0.1, 0.15) is 17.2 Å². The molecule has 0 atom stereocenters. The molecule has 4 rings (SSSR count). The van der Waals surface area contributed by atoms with Crippen molar-refractivity contribution in [1.82, 2.24) is 9.88 Å². The molecule has 0 radical (unpaired) electrons. The van der Waals surface area contributed by atoms with Crippen molar-refractivity contribution in [2.45, 2.75) is 26.8 Å². The van der Waals surface area contributed by atoms with Gasteiger partial charge in [-0.1, -0.05) is 13.0 Å². The molecule has 0 bridgehead atoms. The van der Waals surface area contributed by atoms with Crippen molar-refractivity contribution in [2.24, 2.45) is 0 Å². The molecule has 3 aromatic rings. The van der Waals surface area contributed by atoms with Gasteiger partial charge >= 0.3 is 5.63 Å². The number of nitrogens with zero attached hydrogens (tertiary/aromatic N) is 3. The number of anilines is 1. The zero-order valence-electron chi connectivity index (χ0n) is 16.3. The minimum absolute atomic E-state index is 0.246. The highest BCUT2D eigenvalue weighted by atomic mass is 16.4. The Kier molecular flexibility index (Phi) is 5.05. The van der Waals surface area contributed by atoms with Crippen molar-refractivity contribution >= 4 is 16.8 Å². The fourth-order valence-corrected chi connectivity index (χ4v) is 3.88. The molecule has 3 heterocycles. The molecule has 1 aliphatic heterocycles. The van der Waals surface area contributed by atoms with Gasteiger partial charge in [-0.3, -0.25) is 4.90 Å². The molecule has 1 saturated heterocycles. The van der Waals surface area contributed by atoms with E-state index in [1.165, 1.54) is 6.07 Å². The molecule has 0 unspecified atom stereocenters. The van der Waals surface area contributed by atoms with Crippen LogP contribution >= 0.6 is 0 Å². The van der Waals surface area contributed by atoms with Crippen LogP contribution in [0.2, 0.25) is 0 Å². The van der Waals surface area contributed by atoms with Crippen LogP contribution in [-0.2, 0) is 13.0 Å². The van der Waals surface area contributed by atoms with E-state index in [4.69, 9.17) is 4.42 Å². The fraction of sp³-hybridized carbons (Fsp3) is 0.364. The molecular weight excluding hydrogens is 354 g/mol. The number of hydrogen-bond donors (Lipinski definition) is 1. The van der Waals surface area contributed by atoms with E-state index in [9.17, 15) is 9.90 Å². The Balaban J connectivity index is 1.61. The second kappa shape index (κ2) is 7.64. The highest BCUT2D eigenvalue weighted by molar-refractivity contribution is 5.86. The second-order valence-electron chi connectivity index (χ2n) is 7.29. The summed E-state index contributed by atoms with van der Waals surface area (Å²) in [6.07, 6.45) is 2.53. The van der Waals surface area contributed by atoms with Crippen LogP contribution in [0.1, 0.15) is 23.6 Å². The lowest BCUT2D eigenvalue weighted by molar-refractivity contribution is 0.246. The molecule has 1 aromatic carbocycles. The van der Waals surface area contributed by atoms with Crippen molar-refractivity contribution in [1.29, 1.82) is 0 Å². The van der Waals surface area contributed by atoms with Crippen molar-refractivity contribution in [3.8, 4) is 5.75 Å². The van der Waals surface area contributed by atoms with Crippen LogP contribution in [0.5, 0.6) is 5.75 Å². The summed E-state index contributed by atoms with van der Waals surface area (Å²) in [7, 11) is 0. The summed E-state index contributed by atoms with van der Waals surface area (Å²) in [5.41, 5.74) is 2.59. The first kappa shape index (κ1) is 18.5. The molecule has 6 heteroatoms. The van der Waals surface area contributed by atoms with Gasteiger partial charge in [-0.05, 0) is 42.7 Å². The van der Waals surface area contributed by atoms with E-state index in [0.29, 0.717) is 17.7 Å². The summed E-state index contributed by atoms with van der Waals surface area (Å²) in [4.78, 5) is 20.9. The van der Waals surface area contributed by atoms with E-state index in [0.717, 1.165) is 54.9 Å². The number of benzene rings is 1. The Labute approximate surface area is 164 Å². The monoisotopic (exact) mass is 379 g/mol. The van der Waals surface area contributed by atoms with Gasteiger partial charge < -0.3 is 14.4 Å². The summed E-state index contributed by atoms with van der Waals surface area (Å²) in [5.74, 6) is 1.24. The Morgan fingerprint density at radius 3 is 2.64 bits per heavy atom. The van der Waals surface area contributed by atoms with Crippen molar-refractivity contribution in [2.75, 3.05) is 31.1 Å². The quantitative estimate of drug-likeness (QED) is 0.703. The first-order valence-electron chi connectivity index (χ1n) is 9.73. The number of piperazine rings is 1. The van der Waals surface area contributed by atoms with Crippen LogP contribution in [0.15, 0.2) is 45.7 Å². The van der Waals surface area contributed by atoms with Gasteiger partial charge in [0.05, 0.1) is 5.56 Å². The SMILES string of the molecule is CCc1cc2c(C)cc(=O)oc2c(CN2CCN(c3ccccn3)CC2)c1O. The highest BCUT2D eigenvalue weighted by Crippen LogP contribution is 2.33. The Bertz CT molecular complexity index is 1040. The molecule has 0 saturated carbocycles. The first-order valence-corrected chi connectivity index (χ1v) is 9.73. The second-order valence-corrected chi connectivity index (χ2v) is 7.29. The third-order valence-electron chi connectivity index (χ3n) is 5.50. The standard InChI is InChI=1S/C22H25N3O3/c1-3-16-13-17-15(2)12-20(26)28-22(17)18(21(16)27)14-24-8-10-25(11-9-24)19-6-4-5-7-23-19/h4-7,12-13,27H,3,8-11,14H2,1-2H3. The molecule has 28 heavy (non-hydrogen) atoms. The summed E-state index contributed by atoms with van der Waals surface area (Å²) >= 11 is 0. The van der Waals surface area contributed by atoms with E-state index < -0.39 is 0 Å². The first-order chi connectivity index (χ1) is 13.6. The lowest BCUT2D eigenvalue weighted by Crippen LogP contribution is -2.46. The number of aryl methyl sites for hydroxylation is 2. The fourth-order valence-electron chi connectivity index (χ4n) is 3.88. The number of pyridine rings is 1. The van der Waals surface area contributed by atoms with Crippen LogP contribution in [0.4, 0.5) is 5.82 Å². The van der Waals surface area contributed by atoms with Crippen LogP contribution in [-0.4, -0.2) is 41.2 Å². The Morgan fingerprint density at radius 1 is 1.18 bits per heavy atom. The number of aromatic hydroxyl groups is 1. The molecular formula is C22H25N3O3. The van der Waals surface area contributed by atoms with Gasteiger partial charge in [0.2, 0.25) is 0 Å². The smallest absolute Gasteiger partial charge is 0.336 e. The van der Waals surface area contributed by atoms with Gasteiger partial charge in [-0.2, -0.15) is 0 Å². The normalized spacial score (nSPS) is 15.3. The van der Waals surface area contributed by atoms with E-state index in [-0.39, 0.29) is 11.4 Å². The average Bonchev–Trinajstić information content (AvgIpc) is 2.71. The number of phenolic OH excluding ortho intramolecular Hbond substituents is 1. The number of hydrogen-bond acceptors (Lipinski definition) is 6. The predicted octanol–water partition coefficient (Wildman–Crippen LogP) is 3.09. The maximum absolute atomic E-state index is 11.9. The van der Waals surface area contributed by atoms with Gasteiger partial charge in [-0.25, -0.2) is 9.78 Å². The minimum atomic E-state index is -0.380. The van der Waals surface area contributed by atoms with Gasteiger partial charge in [0.25, 0.3) is 0 Å². The summed E-state index contributed by atoms with van der Waals surface area (Å²) in [6.45, 7) is 7.92. The van der Waals surface area contributed by atoms with E-state index in [1.54, 1.807) is 0 Å². The van der Waals surface area contributed by atoms with Crippen molar-refractivity contribution < 1.29 is 9.52 Å². The Hall–Kier alpha value is -2.86.